The summed E-state index contributed by atoms with van der Waals surface area (Å²) in [4.78, 5) is 0. The van der Waals surface area contributed by atoms with E-state index in [1.807, 2.05) is 13.0 Å². The maximum absolute atomic E-state index is 5.29. The van der Waals surface area contributed by atoms with Crippen LogP contribution in [0.15, 0.2) is 59.1 Å². The molecule has 1 fully saturated rings. The zero-order valence-corrected chi connectivity index (χ0v) is 15.2. The summed E-state index contributed by atoms with van der Waals surface area (Å²) in [5.41, 5.74) is 2.64. The van der Waals surface area contributed by atoms with E-state index in [0.29, 0.717) is 0 Å². The smallest absolute Gasteiger partial charge is 0.118 e. The molecule has 0 aliphatic heterocycles. The van der Waals surface area contributed by atoms with Gasteiger partial charge in [-0.2, -0.15) is 0 Å². The molecule has 0 aromatic heterocycles. The number of hydrogen-bond donors (Lipinski definition) is 0. The molecule has 0 N–H and O–H groups in total. The third kappa shape index (κ3) is 3.73. The molecule has 2 heteroatoms. The molecule has 0 saturated heterocycles. The maximum atomic E-state index is 5.29. The lowest BCUT2D eigenvalue weighted by atomic mass is 9.65. The predicted octanol–water partition coefficient (Wildman–Crippen LogP) is 6.31. The van der Waals surface area contributed by atoms with E-state index in [9.17, 15) is 0 Å². The van der Waals surface area contributed by atoms with E-state index in [1.165, 1.54) is 43.2 Å². The van der Waals surface area contributed by atoms with Crippen molar-refractivity contribution in [2.24, 2.45) is 0 Å². The van der Waals surface area contributed by atoms with Crippen LogP contribution in [0.1, 0.15) is 44.6 Å². The minimum atomic E-state index is 0.0715. The molecule has 0 bridgehead atoms. The summed E-state index contributed by atoms with van der Waals surface area (Å²) in [5.74, 6) is 0.910. The van der Waals surface area contributed by atoms with Crippen molar-refractivity contribution < 1.29 is 4.74 Å². The summed E-state index contributed by atoms with van der Waals surface area (Å²) >= 11 is 3.54. The van der Waals surface area contributed by atoms with Gasteiger partial charge in [-0.1, -0.05) is 66.1 Å². The van der Waals surface area contributed by atoms with Crippen molar-refractivity contribution in [1.29, 1.82) is 0 Å². The Morgan fingerprint density at radius 2 is 1.77 bits per heavy atom. The maximum Gasteiger partial charge on any atom is 0.118 e. The van der Waals surface area contributed by atoms with E-state index < -0.39 is 0 Å². The van der Waals surface area contributed by atoms with E-state index in [2.05, 4.69) is 58.9 Å². The van der Waals surface area contributed by atoms with Crippen LogP contribution in [0.5, 0.6) is 5.75 Å². The van der Waals surface area contributed by atoms with Gasteiger partial charge in [0.2, 0.25) is 0 Å². The van der Waals surface area contributed by atoms with Gasteiger partial charge in [0.15, 0.2) is 0 Å². The van der Waals surface area contributed by atoms with Crippen molar-refractivity contribution in [2.75, 3.05) is 7.11 Å². The summed E-state index contributed by atoms with van der Waals surface area (Å²) in [6.45, 7) is 6.43. The van der Waals surface area contributed by atoms with Crippen LogP contribution in [0.2, 0.25) is 0 Å². The van der Waals surface area contributed by atoms with Crippen LogP contribution in [0.4, 0.5) is 0 Å². The standard InChI is InChI=1S/C20H25BrO/c1-4-18(21)11-8-16(2)20(14-6-5-7-15-20)17-9-12-19(22-3)13-10-17/h4,8-13H,2,5-7,14-15H2,1,3H3/b11-8-,18-4+. The molecule has 1 aromatic rings. The molecule has 0 radical (unpaired) electrons. The molecule has 118 valence electrons. The average Bonchev–Trinajstić information content (AvgIpc) is 2.59. The Balaban J connectivity index is 2.34. The topological polar surface area (TPSA) is 9.23 Å². The fourth-order valence-electron chi connectivity index (χ4n) is 3.30. The molecule has 0 amide bonds. The van der Waals surface area contributed by atoms with Crippen molar-refractivity contribution in [3.05, 3.63) is 64.7 Å². The lowest BCUT2D eigenvalue weighted by molar-refractivity contribution is 0.345. The van der Waals surface area contributed by atoms with Gasteiger partial charge in [0.05, 0.1) is 7.11 Å². The number of methoxy groups -OCH3 is 1. The Morgan fingerprint density at radius 3 is 2.32 bits per heavy atom. The van der Waals surface area contributed by atoms with Gasteiger partial charge in [-0.3, -0.25) is 0 Å². The van der Waals surface area contributed by atoms with Crippen molar-refractivity contribution in [2.45, 2.75) is 44.4 Å². The fourth-order valence-corrected chi connectivity index (χ4v) is 3.43. The number of hydrogen-bond acceptors (Lipinski definition) is 1. The summed E-state index contributed by atoms with van der Waals surface area (Å²) in [7, 11) is 1.71. The van der Waals surface area contributed by atoms with Gasteiger partial charge in [0.1, 0.15) is 5.75 Å². The van der Waals surface area contributed by atoms with Crippen molar-refractivity contribution >= 4 is 15.9 Å². The van der Waals surface area contributed by atoms with Crippen molar-refractivity contribution in [3.8, 4) is 5.75 Å². The number of rotatable bonds is 5. The van der Waals surface area contributed by atoms with Gasteiger partial charge < -0.3 is 4.74 Å². The predicted molar refractivity (Wildman–Crippen MR) is 98.7 cm³/mol. The second kappa shape index (κ2) is 7.82. The highest BCUT2D eigenvalue weighted by Gasteiger charge is 2.35. The minimum absolute atomic E-state index is 0.0715. The lowest BCUT2D eigenvalue weighted by Gasteiger charge is -2.39. The second-order valence-electron chi connectivity index (χ2n) is 5.90. The molecule has 2 rings (SSSR count). The molecule has 0 spiro atoms. The third-order valence-electron chi connectivity index (χ3n) is 4.68. The first-order valence-corrected chi connectivity index (χ1v) is 8.75. The molecule has 1 nitrogen and oxygen atoms in total. The first-order chi connectivity index (χ1) is 10.6. The quantitative estimate of drug-likeness (QED) is 0.559. The first-order valence-electron chi connectivity index (χ1n) is 7.96. The number of allylic oxidation sites excluding steroid dienone is 5. The summed E-state index contributed by atoms with van der Waals surface area (Å²) < 4.78 is 6.39. The van der Waals surface area contributed by atoms with Crippen LogP contribution in [0, 0.1) is 0 Å². The van der Waals surface area contributed by atoms with Crippen LogP contribution < -0.4 is 4.74 Å². The van der Waals surface area contributed by atoms with E-state index in [-0.39, 0.29) is 5.41 Å². The Morgan fingerprint density at radius 1 is 1.14 bits per heavy atom. The van der Waals surface area contributed by atoms with E-state index >= 15 is 0 Å². The van der Waals surface area contributed by atoms with Crippen LogP contribution in [0.3, 0.4) is 0 Å². The normalized spacial score (nSPS) is 18.4. The number of halogens is 1. The Kier molecular flexibility index (Phi) is 6.07. The highest BCUT2D eigenvalue weighted by atomic mass is 79.9. The van der Waals surface area contributed by atoms with Crippen LogP contribution >= 0.6 is 15.9 Å². The van der Waals surface area contributed by atoms with Crippen molar-refractivity contribution in [3.63, 3.8) is 0 Å². The molecule has 0 heterocycles. The molecule has 1 saturated carbocycles. The van der Waals surface area contributed by atoms with Gasteiger partial charge in [-0.25, -0.2) is 0 Å². The minimum Gasteiger partial charge on any atom is -0.497 e. The van der Waals surface area contributed by atoms with Crippen LogP contribution in [-0.4, -0.2) is 7.11 Å². The van der Waals surface area contributed by atoms with Gasteiger partial charge in [0.25, 0.3) is 0 Å². The molecular formula is C20H25BrO. The summed E-state index contributed by atoms with van der Waals surface area (Å²) in [6.07, 6.45) is 12.5. The van der Waals surface area contributed by atoms with Gasteiger partial charge >= 0.3 is 0 Å². The largest absolute Gasteiger partial charge is 0.497 e. The van der Waals surface area contributed by atoms with Crippen molar-refractivity contribution in [1.82, 2.24) is 0 Å². The fraction of sp³-hybridized carbons (Fsp3) is 0.400. The SMILES string of the molecule is C=C(/C=C\C(Br)=C/C)C1(c2ccc(OC)cc2)CCCCC1. The molecule has 1 aliphatic rings. The third-order valence-corrected chi connectivity index (χ3v) is 5.41. The molecule has 22 heavy (non-hydrogen) atoms. The van der Waals surface area contributed by atoms with Crippen LogP contribution in [0.25, 0.3) is 0 Å². The second-order valence-corrected chi connectivity index (χ2v) is 6.82. The van der Waals surface area contributed by atoms with Gasteiger partial charge in [-0.15, -0.1) is 0 Å². The number of ether oxygens (including phenoxy) is 1. The molecule has 0 unspecified atom stereocenters. The lowest BCUT2D eigenvalue weighted by Crippen LogP contribution is -2.30. The Bertz CT molecular complexity index is 560. The highest BCUT2D eigenvalue weighted by molar-refractivity contribution is 9.11. The zero-order chi connectivity index (χ0) is 16.0. The highest BCUT2D eigenvalue weighted by Crippen LogP contribution is 2.45. The Labute approximate surface area is 142 Å². The Hall–Kier alpha value is -1.28. The molecule has 1 aliphatic carbocycles. The molecular weight excluding hydrogens is 336 g/mol. The monoisotopic (exact) mass is 360 g/mol. The van der Waals surface area contributed by atoms with E-state index in [0.717, 1.165) is 10.2 Å². The van der Waals surface area contributed by atoms with E-state index in [4.69, 9.17) is 4.74 Å². The zero-order valence-electron chi connectivity index (χ0n) is 13.6. The summed E-state index contributed by atoms with van der Waals surface area (Å²) in [6, 6.07) is 8.52. The number of benzene rings is 1. The van der Waals surface area contributed by atoms with Gasteiger partial charge in [-0.05, 0) is 49.1 Å². The average molecular weight is 361 g/mol. The van der Waals surface area contributed by atoms with Gasteiger partial charge in [0, 0.05) is 9.90 Å². The molecule has 0 atom stereocenters. The summed E-state index contributed by atoms with van der Waals surface area (Å²) in [5, 5.41) is 0. The molecule has 1 aromatic carbocycles. The van der Waals surface area contributed by atoms with E-state index in [1.54, 1.807) is 7.11 Å². The van der Waals surface area contributed by atoms with Crippen LogP contribution in [-0.2, 0) is 5.41 Å². The first kappa shape index (κ1) is 17.1.